The lowest BCUT2D eigenvalue weighted by molar-refractivity contribution is -0.126. The summed E-state index contributed by atoms with van der Waals surface area (Å²) in [6, 6.07) is 12.2. The molecule has 0 unspecified atom stereocenters. The molecule has 0 saturated carbocycles. The van der Waals surface area contributed by atoms with Crippen LogP contribution in [0.2, 0.25) is 10.0 Å². The number of carbonyl (C=O) groups excluding carboxylic acids is 2. The zero-order valence-corrected chi connectivity index (χ0v) is 17.8. The third-order valence-electron chi connectivity index (χ3n) is 5.78. The molecule has 5 rings (SSSR count). The number of para-hydroxylation sites is 1. The van der Waals surface area contributed by atoms with Crippen molar-refractivity contribution in [3.05, 3.63) is 62.5 Å². The Hall–Kier alpha value is -1.44. The highest BCUT2D eigenvalue weighted by Gasteiger charge is 2.63. The molecule has 0 spiro atoms. The van der Waals surface area contributed by atoms with E-state index in [1.165, 1.54) is 4.90 Å². The van der Waals surface area contributed by atoms with E-state index in [4.69, 9.17) is 23.2 Å². The second-order valence-electron chi connectivity index (χ2n) is 7.23. The van der Waals surface area contributed by atoms with E-state index < -0.39 is 12.0 Å². The standard InChI is InChI=1S/C20H16BrCl2N3O2/c21-12-7-5-11(6-8-12)16-15-18(25-10-2-9-24(16)25)20(28)26(19(15)27)17-13(22)3-1-4-14(17)23/h1,3-8,15-16,18H,2,9-10H2/t15-,16-,18+/m0/s1. The lowest BCUT2D eigenvalue weighted by atomic mass is 9.90. The molecule has 0 N–H and O–H groups in total. The van der Waals surface area contributed by atoms with Crippen LogP contribution in [-0.2, 0) is 9.59 Å². The molecule has 2 aromatic rings. The van der Waals surface area contributed by atoms with E-state index in [-0.39, 0.29) is 23.5 Å². The molecule has 0 bridgehead atoms. The molecule has 2 aromatic carbocycles. The Morgan fingerprint density at radius 2 is 1.46 bits per heavy atom. The summed E-state index contributed by atoms with van der Waals surface area (Å²) in [5.74, 6) is -0.981. The van der Waals surface area contributed by atoms with Crippen LogP contribution in [-0.4, -0.2) is 41.0 Å². The van der Waals surface area contributed by atoms with Crippen molar-refractivity contribution in [2.75, 3.05) is 18.0 Å². The Bertz CT molecular complexity index is 964. The number of hydrogen-bond donors (Lipinski definition) is 0. The smallest absolute Gasteiger partial charge is 0.253 e. The van der Waals surface area contributed by atoms with Gasteiger partial charge in [0, 0.05) is 17.6 Å². The lowest BCUT2D eigenvalue weighted by Gasteiger charge is -2.30. The Labute approximate surface area is 180 Å². The van der Waals surface area contributed by atoms with Gasteiger partial charge in [-0.25, -0.2) is 14.9 Å². The molecule has 8 heteroatoms. The van der Waals surface area contributed by atoms with Gasteiger partial charge in [-0.1, -0.05) is 57.3 Å². The predicted molar refractivity (Wildman–Crippen MR) is 111 cm³/mol. The molecule has 5 nitrogen and oxygen atoms in total. The minimum Gasteiger partial charge on any atom is -0.274 e. The summed E-state index contributed by atoms with van der Waals surface area (Å²) < 4.78 is 0.974. The van der Waals surface area contributed by atoms with Gasteiger partial charge in [0.05, 0.1) is 27.7 Å². The average Bonchev–Trinajstić information content (AvgIpc) is 3.30. The van der Waals surface area contributed by atoms with Crippen molar-refractivity contribution in [2.24, 2.45) is 5.92 Å². The summed E-state index contributed by atoms with van der Waals surface area (Å²) >= 11 is 16.1. The summed E-state index contributed by atoms with van der Waals surface area (Å²) in [7, 11) is 0. The Morgan fingerprint density at radius 1 is 0.857 bits per heavy atom. The molecule has 0 radical (unpaired) electrons. The number of benzene rings is 2. The fraction of sp³-hybridized carbons (Fsp3) is 0.300. The monoisotopic (exact) mass is 479 g/mol. The van der Waals surface area contributed by atoms with Crippen molar-refractivity contribution in [3.63, 3.8) is 0 Å². The number of hydrazine groups is 1. The van der Waals surface area contributed by atoms with Crippen LogP contribution in [0, 0.1) is 5.92 Å². The maximum absolute atomic E-state index is 13.5. The SMILES string of the molecule is O=C1[C@@H]2[C@H](C(=O)N1c1c(Cl)cccc1Cl)N1CCCN1[C@H]2c1ccc(Br)cc1. The first-order valence-corrected chi connectivity index (χ1v) is 10.6. The Kier molecular flexibility index (Phi) is 4.52. The van der Waals surface area contributed by atoms with Crippen LogP contribution in [0.15, 0.2) is 46.9 Å². The van der Waals surface area contributed by atoms with Crippen molar-refractivity contribution >= 4 is 56.6 Å². The third-order valence-corrected chi connectivity index (χ3v) is 6.92. The molecule has 3 aliphatic rings. The zero-order chi connectivity index (χ0) is 19.6. The number of anilines is 1. The van der Waals surface area contributed by atoms with E-state index in [2.05, 4.69) is 25.9 Å². The number of imide groups is 1. The van der Waals surface area contributed by atoms with Gasteiger partial charge in [0.25, 0.3) is 5.91 Å². The molecule has 3 aliphatic heterocycles. The van der Waals surface area contributed by atoms with Crippen LogP contribution in [0.25, 0.3) is 0 Å². The molecule has 3 heterocycles. The highest BCUT2D eigenvalue weighted by molar-refractivity contribution is 9.10. The molecule has 0 aliphatic carbocycles. The predicted octanol–water partition coefficient (Wildman–Crippen LogP) is 4.29. The van der Waals surface area contributed by atoms with Crippen molar-refractivity contribution < 1.29 is 9.59 Å². The van der Waals surface area contributed by atoms with Crippen molar-refractivity contribution in [2.45, 2.75) is 18.5 Å². The van der Waals surface area contributed by atoms with Crippen LogP contribution < -0.4 is 4.90 Å². The summed E-state index contributed by atoms with van der Waals surface area (Å²) in [4.78, 5) is 28.1. The number of nitrogens with zero attached hydrogens (tertiary/aromatic N) is 3. The quantitative estimate of drug-likeness (QED) is 0.601. The minimum atomic E-state index is -0.518. The van der Waals surface area contributed by atoms with E-state index in [9.17, 15) is 9.59 Å². The van der Waals surface area contributed by atoms with Gasteiger partial charge in [-0.3, -0.25) is 9.59 Å². The highest BCUT2D eigenvalue weighted by Crippen LogP contribution is 2.50. The van der Waals surface area contributed by atoms with E-state index in [1.807, 2.05) is 24.3 Å². The van der Waals surface area contributed by atoms with Gasteiger partial charge in [0.1, 0.15) is 6.04 Å². The molecular weight excluding hydrogens is 465 g/mol. The van der Waals surface area contributed by atoms with Crippen LogP contribution >= 0.6 is 39.1 Å². The molecular formula is C20H16BrCl2N3O2. The maximum Gasteiger partial charge on any atom is 0.253 e. The summed E-state index contributed by atoms with van der Waals surface area (Å²) in [6.07, 6.45) is 0.963. The van der Waals surface area contributed by atoms with Crippen molar-refractivity contribution in [1.29, 1.82) is 0 Å². The van der Waals surface area contributed by atoms with Crippen LogP contribution in [0.5, 0.6) is 0 Å². The molecule has 3 atom stereocenters. The molecule has 2 amide bonds. The third kappa shape index (κ3) is 2.59. The van der Waals surface area contributed by atoms with Crippen LogP contribution in [0.4, 0.5) is 5.69 Å². The maximum atomic E-state index is 13.5. The van der Waals surface area contributed by atoms with E-state index in [0.29, 0.717) is 10.0 Å². The highest BCUT2D eigenvalue weighted by atomic mass is 79.9. The van der Waals surface area contributed by atoms with E-state index in [0.717, 1.165) is 29.5 Å². The topological polar surface area (TPSA) is 43.9 Å². The molecule has 28 heavy (non-hydrogen) atoms. The first-order valence-electron chi connectivity index (χ1n) is 9.09. The number of fused-ring (bicyclic) bond motifs is 3. The van der Waals surface area contributed by atoms with Gasteiger partial charge in [0.2, 0.25) is 5.91 Å². The van der Waals surface area contributed by atoms with Gasteiger partial charge in [-0.05, 0) is 36.2 Å². The number of rotatable bonds is 2. The molecule has 3 fully saturated rings. The second-order valence-corrected chi connectivity index (χ2v) is 8.96. The van der Waals surface area contributed by atoms with Gasteiger partial charge in [-0.15, -0.1) is 0 Å². The molecule has 3 saturated heterocycles. The molecule has 0 aromatic heterocycles. The summed E-state index contributed by atoms with van der Waals surface area (Å²) in [5, 5.41) is 4.84. The lowest BCUT2D eigenvalue weighted by Crippen LogP contribution is -2.44. The molecule has 144 valence electrons. The van der Waals surface area contributed by atoms with Gasteiger partial charge >= 0.3 is 0 Å². The minimum absolute atomic E-state index is 0.177. The number of hydrogen-bond acceptors (Lipinski definition) is 4. The van der Waals surface area contributed by atoms with Crippen LogP contribution in [0.1, 0.15) is 18.0 Å². The first kappa shape index (κ1) is 18.6. The van der Waals surface area contributed by atoms with Crippen molar-refractivity contribution in [3.8, 4) is 0 Å². The summed E-state index contributed by atoms with van der Waals surface area (Å²) in [5.41, 5.74) is 1.31. The Balaban J connectivity index is 1.62. The van der Waals surface area contributed by atoms with E-state index in [1.54, 1.807) is 18.2 Å². The fourth-order valence-electron chi connectivity index (χ4n) is 4.70. The fourth-order valence-corrected chi connectivity index (χ4v) is 5.53. The second kappa shape index (κ2) is 6.82. The first-order chi connectivity index (χ1) is 13.5. The normalized spacial score (nSPS) is 27.5. The van der Waals surface area contributed by atoms with Crippen molar-refractivity contribution in [1.82, 2.24) is 10.0 Å². The largest absolute Gasteiger partial charge is 0.274 e. The Morgan fingerprint density at radius 3 is 2.11 bits per heavy atom. The van der Waals surface area contributed by atoms with Gasteiger partial charge < -0.3 is 0 Å². The van der Waals surface area contributed by atoms with Gasteiger partial charge in [0.15, 0.2) is 0 Å². The zero-order valence-electron chi connectivity index (χ0n) is 14.7. The van der Waals surface area contributed by atoms with E-state index >= 15 is 0 Å². The number of amides is 2. The number of carbonyl (C=O) groups is 2. The van der Waals surface area contributed by atoms with Gasteiger partial charge in [-0.2, -0.15) is 0 Å². The van der Waals surface area contributed by atoms with Crippen LogP contribution in [0.3, 0.4) is 0 Å². The number of halogens is 3. The average molecular weight is 481 g/mol. The summed E-state index contributed by atoms with van der Waals surface area (Å²) in [6.45, 7) is 1.60.